The fraction of sp³-hybridized carbons (Fsp3) is 0.429. The van der Waals surface area contributed by atoms with Crippen LogP contribution in [0.2, 0.25) is 0 Å². The summed E-state index contributed by atoms with van der Waals surface area (Å²) in [5.74, 6) is -0.207. The first-order valence-corrected chi connectivity index (χ1v) is 6.55. The molecule has 0 saturated carbocycles. The molecule has 4 nitrogen and oxygen atoms in total. The topological polar surface area (TPSA) is 53.2 Å². The highest BCUT2D eigenvalue weighted by Crippen LogP contribution is 2.09. The van der Waals surface area contributed by atoms with Crippen LogP contribution in [0.5, 0.6) is 0 Å². The fourth-order valence-electron chi connectivity index (χ4n) is 1.44. The molecule has 0 bridgehead atoms. The summed E-state index contributed by atoms with van der Waals surface area (Å²) in [7, 11) is 0. The van der Waals surface area contributed by atoms with Crippen molar-refractivity contribution < 1.29 is 4.79 Å². The van der Waals surface area contributed by atoms with Crippen LogP contribution in [-0.4, -0.2) is 16.6 Å². The van der Waals surface area contributed by atoms with Gasteiger partial charge in [-0.25, -0.2) is 0 Å². The van der Waals surface area contributed by atoms with E-state index in [4.69, 9.17) is 12.2 Å². The minimum absolute atomic E-state index is 0.144. The van der Waals surface area contributed by atoms with E-state index in [1.165, 1.54) is 0 Å². The number of hydrogen-bond acceptors (Lipinski definition) is 2. The van der Waals surface area contributed by atoms with Crippen molar-refractivity contribution in [3.05, 3.63) is 34.9 Å². The molecular formula is C14H21N3OS. The van der Waals surface area contributed by atoms with Crippen molar-refractivity contribution in [1.29, 1.82) is 0 Å². The fourth-order valence-corrected chi connectivity index (χ4v) is 1.80. The molecule has 0 atom stereocenters. The Hall–Kier alpha value is -1.62. The Kier molecular flexibility index (Phi) is 4.89. The first-order valence-electron chi connectivity index (χ1n) is 6.15. The van der Waals surface area contributed by atoms with E-state index in [2.05, 4.69) is 16.2 Å². The molecular weight excluding hydrogens is 258 g/mol. The quantitative estimate of drug-likeness (QED) is 0.545. The first kappa shape index (κ1) is 15.4. The average molecular weight is 279 g/mol. The molecule has 0 fully saturated rings. The van der Waals surface area contributed by atoms with E-state index < -0.39 is 0 Å². The number of hydrogen-bond donors (Lipinski definition) is 3. The van der Waals surface area contributed by atoms with Crippen LogP contribution in [0.3, 0.4) is 0 Å². The molecule has 0 saturated heterocycles. The van der Waals surface area contributed by atoms with Gasteiger partial charge >= 0.3 is 0 Å². The SMILES string of the molecule is Cc1ccc(C(=O)NNC(=S)NC(C)(C)C)cc1C. The number of amides is 1. The van der Waals surface area contributed by atoms with Gasteiger partial charge in [-0.3, -0.25) is 15.6 Å². The molecule has 0 aromatic heterocycles. The summed E-state index contributed by atoms with van der Waals surface area (Å²) in [6.45, 7) is 9.97. The van der Waals surface area contributed by atoms with Crippen LogP contribution in [0.25, 0.3) is 0 Å². The number of nitrogens with one attached hydrogen (secondary N) is 3. The first-order chi connectivity index (χ1) is 8.69. The van der Waals surface area contributed by atoms with Gasteiger partial charge in [-0.1, -0.05) is 6.07 Å². The largest absolute Gasteiger partial charge is 0.357 e. The molecule has 0 aliphatic carbocycles. The summed E-state index contributed by atoms with van der Waals surface area (Å²) in [5, 5.41) is 3.45. The zero-order valence-electron chi connectivity index (χ0n) is 12.0. The molecule has 5 heteroatoms. The second-order valence-corrected chi connectivity index (χ2v) is 5.99. The van der Waals surface area contributed by atoms with E-state index in [0.717, 1.165) is 11.1 Å². The zero-order valence-corrected chi connectivity index (χ0v) is 12.9. The Balaban J connectivity index is 2.56. The zero-order chi connectivity index (χ0) is 14.6. The van der Waals surface area contributed by atoms with E-state index >= 15 is 0 Å². The van der Waals surface area contributed by atoms with Gasteiger partial charge in [-0.05, 0) is 70.1 Å². The smallest absolute Gasteiger partial charge is 0.269 e. The highest BCUT2D eigenvalue weighted by atomic mass is 32.1. The Morgan fingerprint density at radius 2 is 1.74 bits per heavy atom. The highest BCUT2D eigenvalue weighted by Gasteiger charge is 2.12. The van der Waals surface area contributed by atoms with Crippen LogP contribution in [0.4, 0.5) is 0 Å². The van der Waals surface area contributed by atoms with E-state index in [-0.39, 0.29) is 11.4 Å². The van der Waals surface area contributed by atoms with Gasteiger partial charge < -0.3 is 5.32 Å². The number of carbonyl (C=O) groups excluding carboxylic acids is 1. The van der Waals surface area contributed by atoms with Gasteiger partial charge in [-0.2, -0.15) is 0 Å². The number of thiocarbonyl (C=S) groups is 1. The molecule has 0 radical (unpaired) electrons. The number of carbonyl (C=O) groups is 1. The van der Waals surface area contributed by atoms with E-state index in [1.807, 2.05) is 46.8 Å². The predicted molar refractivity (Wildman–Crippen MR) is 82.0 cm³/mol. The van der Waals surface area contributed by atoms with Gasteiger partial charge in [0.25, 0.3) is 5.91 Å². The van der Waals surface area contributed by atoms with Crippen LogP contribution in [0.15, 0.2) is 18.2 Å². The standard InChI is InChI=1S/C14H21N3OS/c1-9-6-7-11(8-10(9)2)12(18)16-17-13(19)15-14(3,4)5/h6-8H,1-5H3,(H,16,18)(H2,15,17,19). The van der Waals surface area contributed by atoms with Gasteiger partial charge in [0.05, 0.1) is 0 Å². The normalized spacial score (nSPS) is 10.8. The second kappa shape index (κ2) is 6.02. The Bertz CT molecular complexity index is 492. The maximum atomic E-state index is 11.9. The Morgan fingerprint density at radius 1 is 1.11 bits per heavy atom. The third-order valence-electron chi connectivity index (χ3n) is 2.55. The monoisotopic (exact) mass is 279 g/mol. The van der Waals surface area contributed by atoms with Crippen LogP contribution in [-0.2, 0) is 0 Å². The van der Waals surface area contributed by atoms with Crippen molar-refractivity contribution in [1.82, 2.24) is 16.2 Å². The highest BCUT2D eigenvalue weighted by molar-refractivity contribution is 7.80. The van der Waals surface area contributed by atoms with Gasteiger partial charge in [0, 0.05) is 11.1 Å². The summed E-state index contributed by atoms with van der Waals surface area (Å²) < 4.78 is 0. The molecule has 0 spiro atoms. The van der Waals surface area contributed by atoms with Crippen molar-refractivity contribution in [2.45, 2.75) is 40.2 Å². The summed E-state index contributed by atoms with van der Waals surface area (Å²) in [4.78, 5) is 11.9. The van der Waals surface area contributed by atoms with E-state index in [9.17, 15) is 4.79 Å². The lowest BCUT2D eigenvalue weighted by Gasteiger charge is -2.23. The van der Waals surface area contributed by atoms with Crippen molar-refractivity contribution in [3.8, 4) is 0 Å². The van der Waals surface area contributed by atoms with Gasteiger partial charge in [0.2, 0.25) is 0 Å². The van der Waals surface area contributed by atoms with Crippen molar-refractivity contribution >= 4 is 23.2 Å². The molecule has 0 aliphatic heterocycles. The Morgan fingerprint density at radius 3 is 2.26 bits per heavy atom. The maximum Gasteiger partial charge on any atom is 0.269 e. The van der Waals surface area contributed by atoms with E-state index in [1.54, 1.807) is 6.07 Å². The van der Waals surface area contributed by atoms with Gasteiger partial charge in [0.1, 0.15) is 0 Å². The molecule has 3 N–H and O–H groups in total. The van der Waals surface area contributed by atoms with Crippen LogP contribution < -0.4 is 16.2 Å². The van der Waals surface area contributed by atoms with Crippen LogP contribution in [0.1, 0.15) is 42.3 Å². The van der Waals surface area contributed by atoms with Crippen LogP contribution in [0, 0.1) is 13.8 Å². The number of aryl methyl sites for hydroxylation is 2. The lowest BCUT2D eigenvalue weighted by molar-refractivity contribution is 0.0943. The average Bonchev–Trinajstić information content (AvgIpc) is 2.27. The molecule has 0 unspecified atom stereocenters. The number of hydrazine groups is 1. The lowest BCUT2D eigenvalue weighted by Crippen LogP contribution is -2.52. The molecule has 104 valence electrons. The molecule has 0 heterocycles. The van der Waals surface area contributed by atoms with Crippen molar-refractivity contribution in [3.63, 3.8) is 0 Å². The van der Waals surface area contributed by atoms with Crippen molar-refractivity contribution in [2.75, 3.05) is 0 Å². The molecule has 1 amide bonds. The summed E-state index contributed by atoms with van der Waals surface area (Å²) in [6.07, 6.45) is 0. The predicted octanol–water partition coefficient (Wildman–Crippen LogP) is 2.21. The molecule has 1 aromatic carbocycles. The maximum absolute atomic E-state index is 11.9. The number of benzene rings is 1. The third-order valence-corrected chi connectivity index (χ3v) is 2.75. The Labute approximate surface area is 119 Å². The van der Waals surface area contributed by atoms with Crippen molar-refractivity contribution in [2.24, 2.45) is 0 Å². The molecule has 0 aliphatic rings. The lowest BCUT2D eigenvalue weighted by atomic mass is 10.1. The summed E-state index contributed by atoms with van der Waals surface area (Å²) in [6, 6.07) is 5.57. The van der Waals surface area contributed by atoms with Crippen LogP contribution >= 0.6 is 12.2 Å². The van der Waals surface area contributed by atoms with Gasteiger partial charge in [-0.15, -0.1) is 0 Å². The minimum atomic E-state index is -0.207. The molecule has 1 aromatic rings. The second-order valence-electron chi connectivity index (χ2n) is 5.58. The minimum Gasteiger partial charge on any atom is -0.357 e. The van der Waals surface area contributed by atoms with Gasteiger partial charge in [0.15, 0.2) is 5.11 Å². The van der Waals surface area contributed by atoms with E-state index in [0.29, 0.717) is 10.7 Å². The third kappa shape index (κ3) is 5.26. The number of rotatable bonds is 1. The summed E-state index contributed by atoms with van der Waals surface area (Å²) in [5.41, 5.74) is 7.98. The molecule has 19 heavy (non-hydrogen) atoms. The molecule has 1 rings (SSSR count). The summed E-state index contributed by atoms with van der Waals surface area (Å²) >= 11 is 5.08.